The van der Waals surface area contributed by atoms with Gasteiger partial charge in [-0.3, -0.25) is 0 Å². The third kappa shape index (κ3) is 2.96. The van der Waals surface area contributed by atoms with E-state index in [9.17, 15) is 8.42 Å². The summed E-state index contributed by atoms with van der Waals surface area (Å²) in [5, 5.41) is 0. The first-order chi connectivity index (χ1) is 5.64. The lowest BCUT2D eigenvalue weighted by molar-refractivity contribution is 0.499. The first kappa shape index (κ1) is 9.76. The summed E-state index contributed by atoms with van der Waals surface area (Å²) in [7, 11) is -3.19. The summed E-state index contributed by atoms with van der Waals surface area (Å²) < 4.78 is 29.0. The fraction of sp³-hybridized carbons (Fsp3) is 0.333. The van der Waals surface area contributed by atoms with Crippen LogP contribution in [0.4, 0.5) is 0 Å². The van der Waals surface area contributed by atoms with Crippen LogP contribution in [0.15, 0.2) is 22.8 Å². The van der Waals surface area contributed by atoms with E-state index in [0.717, 1.165) is 0 Å². The van der Waals surface area contributed by atoms with Gasteiger partial charge in [-0.15, -0.1) is 0 Å². The molecule has 0 amide bonds. The van der Waals surface area contributed by atoms with Crippen molar-refractivity contribution < 1.29 is 12.8 Å². The van der Waals surface area contributed by atoms with E-state index in [1.165, 1.54) is 6.26 Å². The second-order valence-electron chi connectivity index (χ2n) is 2.12. The number of furan rings is 1. The number of halogens is 1. The Morgan fingerprint density at radius 2 is 2.33 bits per heavy atom. The van der Waals surface area contributed by atoms with E-state index in [1.54, 1.807) is 12.1 Å². The Morgan fingerprint density at radius 1 is 1.58 bits per heavy atom. The minimum atomic E-state index is -3.19. The minimum Gasteiger partial charge on any atom is -0.468 e. The van der Waals surface area contributed by atoms with Gasteiger partial charge in [-0.1, -0.05) is 15.9 Å². The fourth-order valence-electron chi connectivity index (χ4n) is 0.633. The first-order valence-electron chi connectivity index (χ1n) is 3.20. The molecule has 0 spiro atoms. The van der Waals surface area contributed by atoms with Gasteiger partial charge in [-0.2, -0.15) is 0 Å². The molecule has 0 aliphatic heterocycles. The van der Waals surface area contributed by atoms with E-state index in [0.29, 0.717) is 5.76 Å². The van der Waals surface area contributed by atoms with E-state index in [1.807, 2.05) is 0 Å². The molecular weight excluding hydrogens is 246 g/mol. The van der Waals surface area contributed by atoms with Crippen LogP contribution in [0.1, 0.15) is 5.76 Å². The van der Waals surface area contributed by atoms with E-state index >= 15 is 0 Å². The molecule has 1 rings (SSSR count). The summed E-state index contributed by atoms with van der Waals surface area (Å²) in [5.74, 6) is 0.597. The van der Waals surface area contributed by atoms with Crippen LogP contribution in [-0.4, -0.2) is 13.1 Å². The van der Waals surface area contributed by atoms with Gasteiger partial charge >= 0.3 is 0 Å². The Bertz CT molecular complexity index is 319. The predicted octanol–water partition coefficient (Wildman–Crippen LogP) is 1.05. The molecule has 1 heterocycles. The number of rotatable bonds is 4. The van der Waals surface area contributed by atoms with Crippen molar-refractivity contribution in [2.24, 2.45) is 0 Å². The van der Waals surface area contributed by atoms with Crippen LogP contribution in [0, 0.1) is 0 Å². The maximum absolute atomic E-state index is 10.9. The Labute approximate surface area is 79.1 Å². The zero-order valence-corrected chi connectivity index (χ0v) is 8.56. The molecule has 0 radical (unpaired) electrons. The highest BCUT2D eigenvalue weighted by Crippen LogP contribution is 2.00. The number of nitrogens with one attached hydrogen (secondary N) is 1. The summed E-state index contributed by atoms with van der Waals surface area (Å²) in [6, 6.07) is 3.41. The standard InChI is InChI=1S/C6H8BrNO3S/c7-5-12(9,10)8-4-6-2-1-3-11-6/h1-3,8H,4-5H2. The number of hydrogen-bond acceptors (Lipinski definition) is 3. The third-order valence-corrected chi connectivity index (χ3v) is 3.87. The summed E-state index contributed by atoms with van der Waals surface area (Å²) in [6.45, 7) is 0.195. The lowest BCUT2D eigenvalue weighted by Crippen LogP contribution is -2.23. The molecule has 0 bridgehead atoms. The van der Waals surface area contributed by atoms with Crippen LogP contribution < -0.4 is 4.72 Å². The molecule has 0 atom stereocenters. The second-order valence-corrected chi connectivity index (χ2v) is 5.23. The molecule has 68 valence electrons. The van der Waals surface area contributed by atoms with Gasteiger partial charge < -0.3 is 4.42 Å². The van der Waals surface area contributed by atoms with Crippen molar-refractivity contribution in [1.29, 1.82) is 0 Å². The molecule has 0 aliphatic rings. The molecule has 1 aromatic heterocycles. The lowest BCUT2D eigenvalue weighted by Gasteiger charge is -1.99. The van der Waals surface area contributed by atoms with Crippen molar-refractivity contribution in [2.75, 3.05) is 4.66 Å². The van der Waals surface area contributed by atoms with Gasteiger partial charge in [-0.05, 0) is 12.1 Å². The summed E-state index contributed by atoms with van der Waals surface area (Å²) in [4.78, 5) is 0. The van der Waals surface area contributed by atoms with E-state index in [4.69, 9.17) is 4.42 Å². The molecule has 4 nitrogen and oxygen atoms in total. The maximum Gasteiger partial charge on any atom is 0.222 e. The third-order valence-electron chi connectivity index (χ3n) is 1.19. The van der Waals surface area contributed by atoms with Crippen molar-refractivity contribution in [3.8, 4) is 0 Å². The van der Waals surface area contributed by atoms with Crippen molar-refractivity contribution in [3.63, 3.8) is 0 Å². The normalized spacial score (nSPS) is 11.8. The summed E-state index contributed by atoms with van der Waals surface area (Å²) in [5.41, 5.74) is 0. The minimum absolute atomic E-state index is 0.0965. The molecule has 0 unspecified atom stereocenters. The average molecular weight is 254 g/mol. The molecule has 6 heteroatoms. The molecule has 0 saturated heterocycles. The summed E-state index contributed by atoms with van der Waals surface area (Å²) in [6.07, 6.45) is 1.50. The summed E-state index contributed by atoms with van der Waals surface area (Å²) >= 11 is 2.85. The van der Waals surface area contributed by atoms with Crippen LogP contribution >= 0.6 is 15.9 Å². The molecule has 1 N–H and O–H groups in total. The van der Waals surface area contributed by atoms with Gasteiger partial charge in [-0.25, -0.2) is 13.1 Å². The zero-order chi connectivity index (χ0) is 9.03. The van der Waals surface area contributed by atoms with Crippen LogP contribution in [0.5, 0.6) is 0 Å². The highest BCUT2D eigenvalue weighted by atomic mass is 79.9. The molecule has 0 saturated carbocycles. The SMILES string of the molecule is O=S(=O)(CBr)NCc1ccco1. The lowest BCUT2D eigenvalue weighted by atomic mass is 10.5. The first-order valence-corrected chi connectivity index (χ1v) is 5.97. The number of sulfonamides is 1. The van der Waals surface area contributed by atoms with E-state index in [-0.39, 0.29) is 11.2 Å². The second kappa shape index (κ2) is 4.06. The monoisotopic (exact) mass is 253 g/mol. The van der Waals surface area contributed by atoms with Crippen molar-refractivity contribution in [3.05, 3.63) is 24.2 Å². The van der Waals surface area contributed by atoms with Crippen molar-refractivity contribution in [2.45, 2.75) is 6.54 Å². The Balaban J connectivity index is 2.47. The molecule has 0 fully saturated rings. The quantitative estimate of drug-likeness (QED) is 0.817. The van der Waals surface area contributed by atoms with Gasteiger partial charge in [0.15, 0.2) is 0 Å². The number of alkyl halides is 1. The zero-order valence-electron chi connectivity index (χ0n) is 6.16. The molecule has 0 aromatic carbocycles. The predicted molar refractivity (Wildman–Crippen MR) is 48.3 cm³/mol. The van der Waals surface area contributed by atoms with Crippen molar-refractivity contribution >= 4 is 26.0 Å². The van der Waals surface area contributed by atoms with Gasteiger partial charge in [0.05, 0.1) is 12.8 Å². The topological polar surface area (TPSA) is 59.3 Å². The maximum atomic E-state index is 10.9. The Morgan fingerprint density at radius 3 is 2.83 bits per heavy atom. The molecular formula is C6H8BrNO3S. The van der Waals surface area contributed by atoms with Crippen LogP contribution in [0.25, 0.3) is 0 Å². The molecule has 0 aliphatic carbocycles. The van der Waals surface area contributed by atoms with Gasteiger partial charge in [0.1, 0.15) is 10.4 Å². The molecule has 12 heavy (non-hydrogen) atoms. The van der Waals surface area contributed by atoms with Crippen LogP contribution in [0.2, 0.25) is 0 Å². The van der Waals surface area contributed by atoms with Gasteiger partial charge in [0.2, 0.25) is 10.0 Å². The highest BCUT2D eigenvalue weighted by Gasteiger charge is 2.07. The Hall–Kier alpha value is -0.330. The number of hydrogen-bond donors (Lipinski definition) is 1. The van der Waals surface area contributed by atoms with Crippen LogP contribution in [-0.2, 0) is 16.6 Å². The smallest absolute Gasteiger partial charge is 0.222 e. The van der Waals surface area contributed by atoms with E-state index in [2.05, 4.69) is 20.7 Å². The Kier molecular flexibility index (Phi) is 3.30. The average Bonchev–Trinajstić information content (AvgIpc) is 2.53. The van der Waals surface area contributed by atoms with Gasteiger partial charge in [0, 0.05) is 0 Å². The fourth-order valence-corrected chi connectivity index (χ4v) is 1.56. The van der Waals surface area contributed by atoms with E-state index < -0.39 is 10.0 Å². The van der Waals surface area contributed by atoms with Crippen LogP contribution in [0.3, 0.4) is 0 Å². The molecule has 1 aromatic rings. The van der Waals surface area contributed by atoms with Gasteiger partial charge in [0.25, 0.3) is 0 Å². The highest BCUT2D eigenvalue weighted by molar-refractivity contribution is 9.10. The van der Waals surface area contributed by atoms with Crippen molar-refractivity contribution in [1.82, 2.24) is 4.72 Å². The largest absolute Gasteiger partial charge is 0.468 e.